The maximum absolute atomic E-state index is 12.3. The van der Waals surface area contributed by atoms with Gasteiger partial charge in [-0.1, -0.05) is 12.1 Å². The van der Waals surface area contributed by atoms with Crippen molar-refractivity contribution in [2.75, 3.05) is 5.32 Å². The van der Waals surface area contributed by atoms with Crippen LogP contribution in [-0.2, 0) is 13.0 Å². The quantitative estimate of drug-likeness (QED) is 0.703. The van der Waals surface area contributed by atoms with Gasteiger partial charge < -0.3 is 14.3 Å². The normalized spacial score (nSPS) is 10.7. The van der Waals surface area contributed by atoms with Crippen LogP contribution in [0.1, 0.15) is 40.5 Å². The molecule has 1 aromatic carbocycles. The van der Waals surface area contributed by atoms with Crippen molar-refractivity contribution in [3.8, 4) is 0 Å². The van der Waals surface area contributed by atoms with Gasteiger partial charge in [0.1, 0.15) is 5.76 Å². The molecule has 6 nitrogen and oxygen atoms in total. The maximum atomic E-state index is 12.3. The van der Waals surface area contributed by atoms with E-state index in [1.165, 1.54) is 0 Å². The van der Waals surface area contributed by atoms with E-state index in [1.807, 2.05) is 25.1 Å². The van der Waals surface area contributed by atoms with Gasteiger partial charge in [0.15, 0.2) is 11.6 Å². The number of hydrogen-bond donors (Lipinski definition) is 1. The summed E-state index contributed by atoms with van der Waals surface area (Å²) in [5.74, 6) is 2.17. The predicted molar refractivity (Wildman–Crippen MR) is 84.3 cm³/mol. The monoisotopic (exact) mass is 311 g/mol. The molecule has 0 saturated heterocycles. The third-order valence-corrected chi connectivity index (χ3v) is 3.39. The van der Waals surface area contributed by atoms with Crippen LogP contribution < -0.4 is 5.32 Å². The second kappa shape index (κ2) is 6.48. The van der Waals surface area contributed by atoms with Crippen LogP contribution in [-0.4, -0.2) is 15.9 Å². The van der Waals surface area contributed by atoms with Crippen molar-refractivity contribution in [3.63, 3.8) is 0 Å². The summed E-state index contributed by atoms with van der Waals surface area (Å²) < 4.78 is 10.5. The topological polar surface area (TPSA) is 81.2 Å². The summed E-state index contributed by atoms with van der Waals surface area (Å²) in [6.45, 7) is 4.19. The highest BCUT2D eigenvalue weighted by Crippen LogP contribution is 2.16. The smallest absolute Gasteiger partial charge is 0.245 e. The van der Waals surface area contributed by atoms with Crippen molar-refractivity contribution in [1.82, 2.24) is 10.1 Å². The molecular formula is C17H17N3O3. The van der Waals surface area contributed by atoms with Crippen LogP contribution in [0.4, 0.5) is 5.69 Å². The van der Waals surface area contributed by atoms with Crippen LogP contribution in [0.15, 0.2) is 45.3 Å². The Morgan fingerprint density at radius 1 is 1.17 bits per heavy atom. The molecule has 0 aliphatic carbocycles. The van der Waals surface area contributed by atoms with E-state index in [0.29, 0.717) is 29.6 Å². The fraction of sp³-hybridized carbons (Fsp3) is 0.235. The van der Waals surface area contributed by atoms with Gasteiger partial charge in [-0.2, -0.15) is 4.98 Å². The van der Waals surface area contributed by atoms with Crippen molar-refractivity contribution >= 4 is 11.5 Å². The molecule has 0 aliphatic rings. The molecule has 3 aromatic rings. The molecule has 118 valence electrons. The molecule has 1 N–H and O–H groups in total. The third kappa shape index (κ3) is 3.48. The van der Waals surface area contributed by atoms with Crippen molar-refractivity contribution in [2.45, 2.75) is 26.8 Å². The van der Waals surface area contributed by atoms with Gasteiger partial charge in [0.05, 0.1) is 6.54 Å². The molecule has 0 fully saturated rings. The van der Waals surface area contributed by atoms with E-state index >= 15 is 0 Å². The minimum Gasteiger partial charge on any atom is -0.458 e. The molecule has 6 heteroatoms. The Labute approximate surface area is 133 Å². The molecule has 0 amide bonds. The van der Waals surface area contributed by atoms with E-state index < -0.39 is 0 Å². The van der Waals surface area contributed by atoms with Gasteiger partial charge in [-0.3, -0.25) is 4.79 Å². The van der Waals surface area contributed by atoms with Gasteiger partial charge in [-0.15, -0.1) is 0 Å². The molecule has 0 bridgehead atoms. The lowest BCUT2D eigenvalue weighted by Gasteiger charge is -2.04. The number of benzene rings is 1. The summed E-state index contributed by atoms with van der Waals surface area (Å²) in [7, 11) is 0. The standard InChI is InChI=1S/C17H17N3O3/c1-3-14-8-9-15(22-14)17(21)12-4-6-13(7-5-12)18-10-16-19-11(2)20-23-16/h4-9,18H,3,10H2,1-2H3. The van der Waals surface area contributed by atoms with Gasteiger partial charge >= 0.3 is 0 Å². The number of furan rings is 1. The minimum atomic E-state index is -0.122. The Kier molecular flexibility index (Phi) is 4.23. The first-order chi connectivity index (χ1) is 11.2. The zero-order valence-corrected chi connectivity index (χ0v) is 13.0. The van der Waals surface area contributed by atoms with E-state index in [1.54, 1.807) is 25.1 Å². The molecule has 0 unspecified atom stereocenters. The summed E-state index contributed by atoms with van der Waals surface area (Å²) in [5.41, 5.74) is 1.45. The molecule has 2 aromatic heterocycles. The Hall–Kier alpha value is -2.89. The van der Waals surface area contributed by atoms with Crippen molar-refractivity contribution < 1.29 is 13.7 Å². The Morgan fingerprint density at radius 3 is 2.57 bits per heavy atom. The Morgan fingerprint density at radius 2 is 1.96 bits per heavy atom. The van der Waals surface area contributed by atoms with Crippen LogP contribution in [0.3, 0.4) is 0 Å². The van der Waals surface area contributed by atoms with E-state index in [4.69, 9.17) is 8.94 Å². The predicted octanol–water partition coefficient (Wildman–Crippen LogP) is 3.38. The molecule has 3 rings (SSSR count). The highest BCUT2D eigenvalue weighted by atomic mass is 16.5. The van der Waals surface area contributed by atoms with E-state index in [2.05, 4.69) is 15.5 Å². The summed E-state index contributed by atoms with van der Waals surface area (Å²) in [6.07, 6.45) is 0.769. The number of nitrogens with one attached hydrogen (secondary N) is 1. The number of ketones is 1. The van der Waals surface area contributed by atoms with Crippen molar-refractivity contribution in [3.05, 3.63) is 65.2 Å². The average molecular weight is 311 g/mol. The van der Waals surface area contributed by atoms with Gasteiger partial charge in [-0.25, -0.2) is 0 Å². The Bertz CT molecular complexity index is 803. The first-order valence-corrected chi connectivity index (χ1v) is 7.42. The number of carbonyl (C=O) groups is 1. The maximum Gasteiger partial charge on any atom is 0.245 e. The minimum absolute atomic E-state index is 0.122. The van der Waals surface area contributed by atoms with Crippen LogP contribution in [0.5, 0.6) is 0 Å². The molecule has 0 aliphatic heterocycles. The van der Waals surface area contributed by atoms with E-state index in [9.17, 15) is 4.79 Å². The zero-order chi connectivity index (χ0) is 16.2. The lowest BCUT2D eigenvalue weighted by molar-refractivity contribution is 0.101. The summed E-state index contributed by atoms with van der Waals surface area (Å²) >= 11 is 0. The molecule has 2 heterocycles. The summed E-state index contributed by atoms with van der Waals surface area (Å²) in [5, 5.41) is 6.89. The number of hydrogen-bond acceptors (Lipinski definition) is 6. The molecule has 23 heavy (non-hydrogen) atoms. The summed E-state index contributed by atoms with van der Waals surface area (Å²) in [6, 6.07) is 10.7. The van der Waals surface area contributed by atoms with Crippen LogP contribution in [0.25, 0.3) is 0 Å². The number of carbonyl (C=O) groups excluding carboxylic acids is 1. The van der Waals surface area contributed by atoms with E-state index in [-0.39, 0.29) is 5.78 Å². The fourth-order valence-corrected chi connectivity index (χ4v) is 2.16. The number of nitrogens with zero attached hydrogens (tertiary/aromatic N) is 2. The molecule has 0 atom stereocenters. The zero-order valence-electron chi connectivity index (χ0n) is 13.0. The van der Waals surface area contributed by atoms with Gasteiger partial charge in [0, 0.05) is 17.7 Å². The number of rotatable bonds is 6. The second-order valence-corrected chi connectivity index (χ2v) is 5.11. The number of anilines is 1. The second-order valence-electron chi connectivity index (χ2n) is 5.11. The SMILES string of the molecule is CCc1ccc(C(=O)c2ccc(NCc3nc(C)no3)cc2)o1. The number of aromatic nitrogens is 2. The molecular weight excluding hydrogens is 294 g/mol. The third-order valence-electron chi connectivity index (χ3n) is 3.39. The highest BCUT2D eigenvalue weighted by molar-refractivity contribution is 6.07. The first kappa shape index (κ1) is 15.0. The lowest BCUT2D eigenvalue weighted by Crippen LogP contribution is -2.02. The van der Waals surface area contributed by atoms with Gasteiger partial charge in [0.25, 0.3) is 0 Å². The van der Waals surface area contributed by atoms with Gasteiger partial charge in [-0.05, 0) is 43.3 Å². The Balaban J connectivity index is 1.65. The highest BCUT2D eigenvalue weighted by Gasteiger charge is 2.13. The number of aryl methyl sites for hydroxylation is 2. The molecule has 0 saturated carbocycles. The average Bonchev–Trinajstić information content (AvgIpc) is 3.21. The van der Waals surface area contributed by atoms with E-state index in [0.717, 1.165) is 17.9 Å². The van der Waals surface area contributed by atoms with Crippen molar-refractivity contribution in [2.24, 2.45) is 0 Å². The van der Waals surface area contributed by atoms with Crippen molar-refractivity contribution in [1.29, 1.82) is 0 Å². The van der Waals surface area contributed by atoms with Crippen LogP contribution in [0.2, 0.25) is 0 Å². The molecule has 0 spiro atoms. The molecule has 0 radical (unpaired) electrons. The van der Waals surface area contributed by atoms with Crippen LogP contribution >= 0.6 is 0 Å². The lowest BCUT2D eigenvalue weighted by atomic mass is 10.1. The first-order valence-electron chi connectivity index (χ1n) is 7.42. The fourth-order valence-electron chi connectivity index (χ4n) is 2.16. The largest absolute Gasteiger partial charge is 0.458 e. The van der Waals surface area contributed by atoms with Gasteiger partial charge in [0.2, 0.25) is 11.7 Å². The van der Waals surface area contributed by atoms with Crippen LogP contribution in [0, 0.1) is 6.92 Å². The summed E-state index contributed by atoms with van der Waals surface area (Å²) in [4.78, 5) is 16.4.